The topological polar surface area (TPSA) is 383 Å². The standard InChI is InChI=1S/2C19H18FN9OS.C12H10FN3O2.C7H10N6S/c2*1-10(2)29-17(25-26-27-29)19-24-16(9-31-19)23-18(30)15-5-13(14(20)7-21-15)11-6-22-28(8-11)12-3-4-12;13-10-5-14-11(12(17)18)3-9(10)7-4-15-16(6-7)8-1-2-8;1-4(2)13-6(10-11-12-13)7-9-5(8)3-14-7/h2*5-10,12H,3-4H2,1-2H3,(H,23,30);3-6,8H,1-2H2,(H,17,18);3-4H,8H2,1-2H3. The lowest BCUT2D eigenvalue weighted by Crippen LogP contribution is -2.14. The number of nitrogens with one attached hydrogen (secondary N) is 2. The summed E-state index contributed by atoms with van der Waals surface area (Å²) in [5.74, 6) is -0.814. The van der Waals surface area contributed by atoms with E-state index in [4.69, 9.17) is 10.8 Å². The van der Waals surface area contributed by atoms with Gasteiger partial charge in [0.2, 0.25) is 17.5 Å². The monoisotopic (exact) mass is 1340 g/mol. The summed E-state index contributed by atoms with van der Waals surface area (Å²) in [5.41, 5.74) is 8.09. The molecule has 0 bridgehead atoms. The molecule has 0 spiro atoms. The van der Waals surface area contributed by atoms with Crippen molar-refractivity contribution < 1.29 is 32.7 Å². The number of aromatic carboxylic acids is 1. The number of aromatic nitrogens is 24. The van der Waals surface area contributed by atoms with E-state index in [1.807, 2.05) is 50.9 Å². The van der Waals surface area contributed by atoms with E-state index in [1.165, 1.54) is 52.2 Å². The number of anilines is 3. The second kappa shape index (κ2) is 27.2. The summed E-state index contributed by atoms with van der Waals surface area (Å²) in [5, 5.41) is 68.7. The number of nitrogen functional groups attached to an aromatic ring is 1. The quantitative estimate of drug-likeness (QED) is 0.0658. The maximum atomic E-state index is 14.4. The van der Waals surface area contributed by atoms with E-state index in [-0.39, 0.29) is 51.9 Å². The Morgan fingerprint density at radius 2 is 0.830 bits per heavy atom. The number of halogens is 3. The number of hydrogen-bond acceptors (Lipinski definition) is 25. The minimum Gasteiger partial charge on any atom is -0.477 e. The van der Waals surface area contributed by atoms with Gasteiger partial charge in [0, 0.05) is 68.1 Å². The molecular formula is C57H56F3N27O4S3. The zero-order valence-electron chi connectivity index (χ0n) is 50.7. The third kappa shape index (κ3) is 14.6. The number of carbonyl (C=O) groups excluding carboxylic acids is 2. The Hall–Kier alpha value is -10.8. The number of rotatable bonds is 17. The first-order valence-corrected chi connectivity index (χ1v) is 31.9. The van der Waals surface area contributed by atoms with Crippen molar-refractivity contribution in [3.8, 4) is 65.9 Å². The molecule has 0 aliphatic heterocycles. The summed E-state index contributed by atoms with van der Waals surface area (Å²) in [6.45, 7) is 11.9. The van der Waals surface area contributed by atoms with E-state index in [9.17, 15) is 27.6 Å². The van der Waals surface area contributed by atoms with Crippen molar-refractivity contribution in [3.05, 3.63) is 125 Å². The van der Waals surface area contributed by atoms with Crippen LogP contribution in [0.5, 0.6) is 0 Å². The molecule has 3 saturated carbocycles. The van der Waals surface area contributed by atoms with Gasteiger partial charge in [-0.15, -0.1) is 49.3 Å². The molecule has 94 heavy (non-hydrogen) atoms. The summed E-state index contributed by atoms with van der Waals surface area (Å²) in [6, 6.07) is 5.60. The van der Waals surface area contributed by atoms with Crippen molar-refractivity contribution >= 4 is 69.2 Å². The molecule has 12 heterocycles. The molecule has 2 amide bonds. The SMILES string of the molecule is CC(C)n1nnnc1-c1nc(N)cs1.CC(C)n1nnnc1-c1nc(NC(=O)c2cc(-c3cnn(C4CC4)c3)c(F)cn2)cs1.CC(C)n1nnnc1-c1nc(NC(=O)c2cc(-c3cnn(C4CC4)c3)c(F)cn2)cs1.O=C(O)c1cc(-c2cnn(C3CC3)c2)c(F)cn1. The van der Waals surface area contributed by atoms with Crippen LogP contribution < -0.4 is 16.4 Å². The lowest BCUT2D eigenvalue weighted by molar-refractivity contribution is 0.0690. The fraction of sp³-hybridized carbons (Fsp3) is 0.316. The van der Waals surface area contributed by atoms with Crippen molar-refractivity contribution in [1.29, 1.82) is 0 Å². The van der Waals surface area contributed by atoms with Crippen LogP contribution in [0.1, 0.15) is 148 Å². The number of nitrogens with zero attached hydrogens (tertiary/aromatic N) is 24. The Morgan fingerprint density at radius 1 is 0.500 bits per heavy atom. The van der Waals surface area contributed by atoms with Gasteiger partial charge in [0.25, 0.3) is 11.8 Å². The van der Waals surface area contributed by atoms with Crippen LogP contribution in [0.15, 0.2) is 90.1 Å². The highest BCUT2D eigenvalue weighted by molar-refractivity contribution is 7.14. The molecular weight excluding hydrogens is 1280 g/mol. The van der Waals surface area contributed by atoms with Crippen LogP contribution in [0, 0.1) is 17.5 Å². The third-order valence-electron chi connectivity index (χ3n) is 14.3. The lowest BCUT2D eigenvalue weighted by Gasteiger charge is -2.05. The Labute approximate surface area is 542 Å². The molecule has 0 atom stereocenters. The smallest absolute Gasteiger partial charge is 0.354 e. The fourth-order valence-electron chi connectivity index (χ4n) is 9.06. The van der Waals surface area contributed by atoms with Crippen LogP contribution in [0.2, 0.25) is 0 Å². The molecule has 0 saturated heterocycles. The lowest BCUT2D eigenvalue weighted by atomic mass is 10.1. The van der Waals surface area contributed by atoms with E-state index >= 15 is 0 Å². The van der Waals surface area contributed by atoms with Crippen LogP contribution in [0.4, 0.5) is 30.6 Å². The number of tetrazole rings is 3. The number of carboxylic acids is 1. The minimum atomic E-state index is -1.18. The van der Waals surface area contributed by atoms with Gasteiger partial charge in [-0.1, -0.05) is 0 Å². The van der Waals surface area contributed by atoms with E-state index in [0.717, 1.165) is 62.1 Å². The van der Waals surface area contributed by atoms with Gasteiger partial charge in [0.1, 0.15) is 52.0 Å². The summed E-state index contributed by atoms with van der Waals surface area (Å²) in [4.78, 5) is 60.5. The van der Waals surface area contributed by atoms with Crippen LogP contribution in [0.3, 0.4) is 0 Å². The molecule has 0 unspecified atom stereocenters. The van der Waals surface area contributed by atoms with Crippen molar-refractivity contribution in [2.24, 2.45) is 0 Å². The number of thiazole rings is 3. The highest BCUT2D eigenvalue weighted by Gasteiger charge is 2.28. The predicted molar refractivity (Wildman–Crippen MR) is 336 cm³/mol. The number of pyridine rings is 3. The Bertz CT molecular complexity index is 4490. The second-order valence-corrected chi connectivity index (χ2v) is 25.0. The summed E-state index contributed by atoms with van der Waals surface area (Å²) in [7, 11) is 0. The highest BCUT2D eigenvalue weighted by atomic mass is 32.1. The molecule has 0 aromatic carbocycles. The first-order valence-electron chi connectivity index (χ1n) is 29.2. The molecule has 31 nitrogen and oxygen atoms in total. The average Bonchev–Trinajstić information content (AvgIpc) is 1.68. The van der Waals surface area contributed by atoms with Gasteiger partial charge in [0.05, 0.1) is 73.4 Å². The van der Waals surface area contributed by atoms with E-state index < -0.39 is 35.2 Å². The van der Waals surface area contributed by atoms with Crippen LogP contribution in [-0.2, 0) is 0 Å². The van der Waals surface area contributed by atoms with E-state index in [0.29, 0.717) is 79.8 Å². The number of carbonyl (C=O) groups is 3. The molecule has 12 aromatic heterocycles. The molecule has 3 fully saturated rings. The maximum Gasteiger partial charge on any atom is 0.354 e. The Kier molecular flexibility index (Phi) is 18.3. The first-order chi connectivity index (χ1) is 45.3. The van der Waals surface area contributed by atoms with Crippen molar-refractivity contribution in [3.63, 3.8) is 0 Å². The van der Waals surface area contributed by atoms with Crippen molar-refractivity contribution in [2.45, 2.75) is 116 Å². The van der Waals surface area contributed by atoms with Gasteiger partial charge in [0.15, 0.2) is 15.0 Å². The largest absolute Gasteiger partial charge is 0.477 e. The molecule has 12 aromatic rings. The normalized spacial score (nSPS) is 13.5. The third-order valence-corrected chi connectivity index (χ3v) is 16.8. The van der Waals surface area contributed by atoms with Crippen molar-refractivity contribution in [2.75, 3.05) is 16.4 Å². The molecule has 5 N–H and O–H groups in total. The average molecular weight is 1340 g/mol. The molecule has 3 aliphatic carbocycles. The van der Waals surface area contributed by atoms with Crippen LogP contribution in [-0.4, -0.2) is 143 Å². The molecule has 0 radical (unpaired) electrons. The minimum absolute atomic E-state index is 0.0676. The highest BCUT2D eigenvalue weighted by Crippen LogP contribution is 2.38. The fourth-order valence-corrected chi connectivity index (χ4v) is 11.2. The van der Waals surface area contributed by atoms with Gasteiger partial charge >= 0.3 is 5.97 Å². The predicted octanol–water partition coefficient (Wildman–Crippen LogP) is 9.80. The zero-order valence-corrected chi connectivity index (χ0v) is 53.2. The molecule has 482 valence electrons. The second-order valence-electron chi connectivity index (χ2n) is 22.5. The van der Waals surface area contributed by atoms with Gasteiger partial charge in [-0.3, -0.25) is 23.6 Å². The van der Waals surface area contributed by atoms with Gasteiger partial charge in [-0.25, -0.2) is 61.9 Å². The zero-order chi connectivity index (χ0) is 65.9. The molecule has 37 heteroatoms. The van der Waals surface area contributed by atoms with Gasteiger partial charge < -0.3 is 21.5 Å². The Morgan fingerprint density at radius 3 is 1.15 bits per heavy atom. The van der Waals surface area contributed by atoms with E-state index in [2.05, 4.69) is 102 Å². The van der Waals surface area contributed by atoms with Gasteiger partial charge in [-0.05, 0) is 130 Å². The summed E-state index contributed by atoms with van der Waals surface area (Å²) in [6.07, 6.45) is 19.6. The van der Waals surface area contributed by atoms with Gasteiger partial charge in [-0.2, -0.15) is 15.3 Å². The van der Waals surface area contributed by atoms with Crippen molar-refractivity contribution in [1.82, 2.24) is 120 Å². The maximum absolute atomic E-state index is 14.4. The summed E-state index contributed by atoms with van der Waals surface area (Å²) >= 11 is 4.06. The number of amides is 2. The molecule has 15 rings (SSSR count). The summed E-state index contributed by atoms with van der Waals surface area (Å²) < 4.78 is 52.9. The number of carboxylic acid groups (broad SMARTS) is 1. The Balaban J connectivity index is 0.000000126. The van der Waals surface area contributed by atoms with E-state index in [1.54, 1.807) is 72.0 Å². The number of hydrogen-bond donors (Lipinski definition) is 4. The molecule has 3 aliphatic rings. The van der Waals surface area contributed by atoms with Crippen LogP contribution in [0.25, 0.3) is 65.9 Å². The van der Waals surface area contributed by atoms with Crippen LogP contribution >= 0.6 is 34.0 Å². The number of nitrogens with two attached hydrogens (primary N) is 1. The first kappa shape index (κ1) is 63.3.